The number of aryl methyl sites for hydroxylation is 1. The number of amides is 1. The molecule has 6 heteroatoms. The van der Waals surface area contributed by atoms with E-state index < -0.39 is 18.6 Å². The summed E-state index contributed by atoms with van der Waals surface area (Å²) < 4.78 is 37.8. The van der Waals surface area contributed by atoms with Gasteiger partial charge in [0.15, 0.2) is 0 Å². The molecule has 0 aliphatic carbocycles. The third kappa shape index (κ3) is 4.03. The molecule has 1 aromatic rings. The Bertz CT molecular complexity index is 431. The lowest BCUT2D eigenvalue weighted by atomic mass is 10.2. The number of halogens is 4. The van der Waals surface area contributed by atoms with E-state index in [1.807, 2.05) is 0 Å². The fourth-order valence-electron chi connectivity index (χ4n) is 1.36. The van der Waals surface area contributed by atoms with Crippen LogP contribution in [0.5, 0.6) is 0 Å². The molecule has 0 bridgehead atoms. The number of hydrogen-bond donors (Lipinski definition) is 0. The molecule has 17 heavy (non-hydrogen) atoms. The highest BCUT2D eigenvalue weighted by Crippen LogP contribution is 2.26. The molecule has 0 heterocycles. The highest BCUT2D eigenvalue weighted by Gasteiger charge is 2.32. The van der Waals surface area contributed by atoms with E-state index in [0.29, 0.717) is 4.90 Å². The lowest BCUT2D eigenvalue weighted by Gasteiger charge is -2.23. The van der Waals surface area contributed by atoms with Gasteiger partial charge in [-0.05, 0) is 30.7 Å². The molecule has 2 nitrogen and oxygen atoms in total. The van der Waals surface area contributed by atoms with Crippen LogP contribution in [0.3, 0.4) is 0 Å². The first-order valence-corrected chi connectivity index (χ1v) is 5.61. The Balaban J connectivity index is 3.06. The van der Waals surface area contributed by atoms with Crippen molar-refractivity contribution in [3.8, 4) is 0 Å². The number of nitrogens with zero attached hydrogens (tertiary/aromatic N) is 1. The van der Waals surface area contributed by atoms with Gasteiger partial charge < -0.3 is 4.90 Å². The Morgan fingerprint density at radius 3 is 2.41 bits per heavy atom. The minimum absolute atomic E-state index is 0.246. The third-order valence-electron chi connectivity index (χ3n) is 2.17. The molecule has 0 saturated heterocycles. The van der Waals surface area contributed by atoms with Gasteiger partial charge in [0, 0.05) is 17.1 Å². The monoisotopic (exact) mass is 309 g/mol. The molecule has 0 atom stereocenters. The number of anilines is 1. The van der Waals surface area contributed by atoms with E-state index >= 15 is 0 Å². The largest absolute Gasteiger partial charge is 0.406 e. The van der Waals surface area contributed by atoms with Crippen LogP contribution in [0.15, 0.2) is 22.7 Å². The van der Waals surface area contributed by atoms with Crippen molar-refractivity contribution in [3.05, 3.63) is 28.2 Å². The normalized spacial score (nSPS) is 11.4. The van der Waals surface area contributed by atoms with Crippen LogP contribution in [0.25, 0.3) is 0 Å². The zero-order chi connectivity index (χ0) is 13.2. The van der Waals surface area contributed by atoms with Crippen LogP contribution in [0, 0.1) is 6.92 Å². The second kappa shape index (κ2) is 5.08. The molecule has 0 fully saturated rings. The molecule has 1 amide bonds. The summed E-state index contributed by atoms with van der Waals surface area (Å²) in [4.78, 5) is 11.9. The van der Waals surface area contributed by atoms with E-state index in [1.165, 1.54) is 12.1 Å². The molecule has 1 rings (SSSR count). The van der Waals surface area contributed by atoms with Crippen LogP contribution >= 0.6 is 15.9 Å². The van der Waals surface area contributed by atoms with Gasteiger partial charge in [0.25, 0.3) is 0 Å². The first-order valence-electron chi connectivity index (χ1n) is 4.82. The van der Waals surface area contributed by atoms with Crippen molar-refractivity contribution in [2.24, 2.45) is 0 Å². The zero-order valence-corrected chi connectivity index (χ0v) is 10.9. The Kier molecular flexibility index (Phi) is 4.19. The summed E-state index contributed by atoms with van der Waals surface area (Å²) in [5, 5.41) is 0. The van der Waals surface area contributed by atoms with E-state index in [-0.39, 0.29) is 5.69 Å². The van der Waals surface area contributed by atoms with Crippen LogP contribution in [0.1, 0.15) is 12.5 Å². The molecular weight excluding hydrogens is 299 g/mol. The summed E-state index contributed by atoms with van der Waals surface area (Å²) >= 11 is 3.25. The first-order chi connectivity index (χ1) is 7.70. The van der Waals surface area contributed by atoms with E-state index in [1.54, 1.807) is 13.0 Å². The topological polar surface area (TPSA) is 20.3 Å². The molecule has 0 aliphatic heterocycles. The number of carbonyl (C=O) groups excluding carboxylic acids is 1. The van der Waals surface area contributed by atoms with Gasteiger partial charge in [0.2, 0.25) is 5.91 Å². The van der Waals surface area contributed by atoms with Gasteiger partial charge in [0.1, 0.15) is 6.54 Å². The molecule has 0 N–H and O–H groups in total. The summed E-state index contributed by atoms with van der Waals surface area (Å²) in [6.07, 6.45) is -4.41. The van der Waals surface area contributed by atoms with Gasteiger partial charge in [0.05, 0.1) is 0 Å². The molecule has 0 radical (unpaired) electrons. The fraction of sp³-hybridized carbons (Fsp3) is 0.364. The van der Waals surface area contributed by atoms with Crippen molar-refractivity contribution in [1.29, 1.82) is 0 Å². The maximum absolute atomic E-state index is 12.3. The molecule has 94 valence electrons. The smallest absolute Gasteiger partial charge is 0.304 e. The predicted molar refractivity (Wildman–Crippen MR) is 63.0 cm³/mol. The van der Waals surface area contributed by atoms with Crippen LogP contribution in [-0.2, 0) is 4.79 Å². The lowest BCUT2D eigenvalue weighted by molar-refractivity contribution is -0.131. The Morgan fingerprint density at radius 1 is 1.41 bits per heavy atom. The Labute approximate surface area is 106 Å². The lowest BCUT2D eigenvalue weighted by Crippen LogP contribution is -2.37. The number of hydrogen-bond acceptors (Lipinski definition) is 1. The van der Waals surface area contributed by atoms with Crippen LogP contribution in [0.4, 0.5) is 18.9 Å². The highest BCUT2D eigenvalue weighted by atomic mass is 79.9. The second-order valence-corrected chi connectivity index (χ2v) is 4.51. The summed E-state index contributed by atoms with van der Waals surface area (Å²) in [7, 11) is 0. The zero-order valence-electron chi connectivity index (χ0n) is 9.31. The summed E-state index contributed by atoms with van der Waals surface area (Å²) in [6, 6.07) is 4.64. The van der Waals surface area contributed by atoms with Crippen LogP contribution < -0.4 is 4.90 Å². The number of rotatable bonds is 2. The van der Waals surface area contributed by atoms with Gasteiger partial charge in [-0.2, -0.15) is 13.2 Å². The van der Waals surface area contributed by atoms with E-state index in [0.717, 1.165) is 17.0 Å². The average Bonchev–Trinajstić information content (AvgIpc) is 2.17. The molecular formula is C11H11BrF3NO. The quantitative estimate of drug-likeness (QED) is 0.816. The fourth-order valence-corrected chi connectivity index (χ4v) is 1.61. The van der Waals surface area contributed by atoms with Gasteiger partial charge in [-0.15, -0.1) is 0 Å². The van der Waals surface area contributed by atoms with Crippen molar-refractivity contribution in [2.75, 3.05) is 11.4 Å². The standard InChI is InChI=1S/C11H11BrF3NO/c1-7-5-9(3-4-10(7)12)16(8(2)17)6-11(13,14)15/h3-5H,6H2,1-2H3. The van der Waals surface area contributed by atoms with Crippen molar-refractivity contribution < 1.29 is 18.0 Å². The van der Waals surface area contributed by atoms with Crippen molar-refractivity contribution in [2.45, 2.75) is 20.0 Å². The third-order valence-corrected chi connectivity index (χ3v) is 3.06. The van der Waals surface area contributed by atoms with Gasteiger partial charge in [-0.1, -0.05) is 15.9 Å². The molecule has 0 aliphatic rings. The van der Waals surface area contributed by atoms with Crippen LogP contribution in [0.2, 0.25) is 0 Å². The van der Waals surface area contributed by atoms with Crippen molar-refractivity contribution in [1.82, 2.24) is 0 Å². The molecule has 0 spiro atoms. The maximum atomic E-state index is 12.3. The van der Waals surface area contributed by atoms with Gasteiger partial charge in [-0.25, -0.2) is 0 Å². The minimum atomic E-state index is -4.41. The van der Waals surface area contributed by atoms with Crippen molar-refractivity contribution in [3.63, 3.8) is 0 Å². The second-order valence-electron chi connectivity index (χ2n) is 3.65. The summed E-state index contributed by atoms with van der Waals surface area (Å²) in [5.41, 5.74) is 1.02. The summed E-state index contributed by atoms with van der Waals surface area (Å²) in [6.45, 7) is 1.59. The molecule has 0 aromatic heterocycles. The van der Waals surface area contributed by atoms with Crippen molar-refractivity contribution >= 4 is 27.5 Å². The Hall–Kier alpha value is -1.04. The maximum Gasteiger partial charge on any atom is 0.406 e. The van der Waals surface area contributed by atoms with E-state index in [9.17, 15) is 18.0 Å². The molecule has 0 unspecified atom stereocenters. The van der Waals surface area contributed by atoms with E-state index in [2.05, 4.69) is 15.9 Å². The van der Waals surface area contributed by atoms with Gasteiger partial charge in [-0.3, -0.25) is 4.79 Å². The minimum Gasteiger partial charge on any atom is -0.304 e. The van der Waals surface area contributed by atoms with Gasteiger partial charge >= 0.3 is 6.18 Å². The number of alkyl halides is 3. The predicted octanol–water partition coefficient (Wildman–Crippen LogP) is 3.67. The number of carbonyl (C=O) groups is 1. The Morgan fingerprint density at radius 2 is 2.00 bits per heavy atom. The molecule has 0 saturated carbocycles. The SMILES string of the molecule is CC(=O)N(CC(F)(F)F)c1ccc(Br)c(C)c1. The summed E-state index contributed by atoms with van der Waals surface area (Å²) in [5.74, 6) is -0.635. The number of benzene rings is 1. The highest BCUT2D eigenvalue weighted by molar-refractivity contribution is 9.10. The molecule has 1 aromatic carbocycles. The van der Waals surface area contributed by atoms with Crippen LogP contribution in [-0.4, -0.2) is 18.6 Å². The first kappa shape index (κ1) is 14.0. The van der Waals surface area contributed by atoms with E-state index in [4.69, 9.17) is 0 Å². The average molecular weight is 310 g/mol.